The lowest BCUT2D eigenvalue weighted by molar-refractivity contribution is -0.144. The molecule has 180 valence electrons. The van der Waals surface area contributed by atoms with Crippen molar-refractivity contribution < 1.29 is 18.7 Å². The van der Waals surface area contributed by atoms with Gasteiger partial charge in [-0.25, -0.2) is 4.39 Å². The van der Waals surface area contributed by atoms with Crippen LogP contribution in [0.1, 0.15) is 34.9 Å². The summed E-state index contributed by atoms with van der Waals surface area (Å²) in [6, 6.07) is 17.8. The van der Waals surface area contributed by atoms with Crippen LogP contribution in [0, 0.1) is 12.7 Å². The zero-order valence-electron chi connectivity index (χ0n) is 19.7. The van der Waals surface area contributed by atoms with E-state index < -0.39 is 0 Å². The molecule has 0 aliphatic carbocycles. The van der Waals surface area contributed by atoms with Crippen molar-refractivity contribution in [2.75, 3.05) is 19.7 Å². The summed E-state index contributed by atoms with van der Waals surface area (Å²) < 4.78 is 19.0. The molecule has 0 aliphatic heterocycles. The van der Waals surface area contributed by atoms with Crippen LogP contribution in [0.2, 0.25) is 0 Å². The van der Waals surface area contributed by atoms with Crippen molar-refractivity contribution in [3.63, 3.8) is 0 Å². The Bertz CT molecular complexity index is 1050. The number of nitrogens with zero attached hydrogens (tertiary/aromatic N) is 2. The Morgan fingerprint density at radius 1 is 0.912 bits per heavy atom. The highest BCUT2D eigenvalue weighted by molar-refractivity contribution is 7.10. The molecule has 3 aromatic rings. The molecule has 3 rings (SSSR count). The van der Waals surface area contributed by atoms with Crippen LogP contribution in [-0.2, 0) is 34.0 Å². The monoisotopic (exact) mass is 482 g/mol. The number of halogens is 1. The Hall–Kier alpha value is -3.03. The van der Waals surface area contributed by atoms with E-state index >= 15 is 0 Å². The highest BCUT2D eigenvalue weighted by atomic mass is 32.1. The van der Waals surface area contributed by atoms with Crippen LogP contribution in [0.25, 0.3) is 0 Å². The predicted octanol–water partition coefficient (Wildman–Crippen LogP) is 5.18. The van der Waals surface area contributed by atoms with E-state index in [1.54, 1.807) is 33.3 Å². The summed E-state index contributed by atoms with van der Waals surface area (Å²) in [4.78, 5) is 30.6. The molecule has 0 spiro atoms. The largest absolute Gasteiger partial charge is 0.367 e. The van der Waals surface area contributed by atoms with Gasteiger partial charge in [0, 0.05) is 18.0 Å². The number of carbonyl (C=O) groups is 2. The quantitative estimate of drug-likeness (QED) is 0.357. The van der Waals surface area contributed by atoms with Gasteiger partial charge in [-0.2, -0.15) is 0 Å². The van der Waals surface area contributed by atoms with E-state index in [1.807, 2.05) is 55.6 Å². The molecule has 1 heterocycles. The second-order valence-electron chi connectivity index (χ2n) is 8.20. The van der Waals surface area contributed by atoms with Crippen LogP contribution in [0.15, 0.2) is 66.0 Å². The molecule has 0 fully saturated rings. The minimum absolute atomic E-state index is 0.0208. The number of carbonyl (C=O) groups excluding carboxylic acids is 2. The lowest BCUT2D eigenvalue weighted by atomic mass is 10.2. The van der Waals surface area contributed by atoms with Crippen molar-refractivity contribution in [2.45, 2.75) is 40.0 Å². The molecule has 0 unspecified atom stereocenters. The van der Waals surface area contributed by atoms with Crippen LogP contribution in [-0.4, -0.2) is 41.3 Å². The number of rotatable bonds is 12. The molecule has 0 aliphatic rings. The molecule has 7 heteroatoms. The van der Waals surface area contributed by atoms with Gasteiger partial charge in [-0.05, 0) is 53.6 Å². The fourth-order valence-electron chi connectivity index (χ4n) is 3.53. The Morgan fingerprint density at radius 2 is 1.65 bits per heavy atom. The second-order valence-corrected chi connectivity index (χ2v) is 9.20. The number of amides is 2. The summed E-state index contributed by atoms with van der Waals surface area (Å²) in [6.07, 6.45) is 0.736. The van der Waals surface area contributed by atoms with Crippen LogP contribution < -0.4 is 0 Å². The summed E-state index contributed by atoms with van der Waals surface area (Å²) in [5.41, 5.74) is 2.95. The predicted molar refractivity (Wildman–Crippen MR) is 133 cm³/mol. The number of hydrogen-bond acceptors (Lipinski definition) is 4. The Morgan fingerprint density at radius 3 is 2.29 bits per heavy atom. The van der Waals surface area contributed by atoms with Crippen molar-refractivity contribution >= 4 is 23.2 Å². The van der Waals surface area contributed by atoms with Crippen LogP contribution in [0.5, 0.6) is 0 Å². The SMILES string of the molecule is CCCN(CC(=O)N(Cc1ccc(F)cc1)Cc1sccc1C)C(=O)COCc1ccccc1. The molecule has 2 aromatic carbocycles. The second kappa shape index (κ2) is 13.0. The third kappa shape index (κ3) is 7.78. The first-order chi connectivity index (χ1) is 16.5. The van der Waals surface area contributed by atoms with Gasteiger partial charge in [0.15, 0.2) is 0 Å². The number of aryl methyl sites for hydroxylation is 1. The first-order valence-electron chi connectivity index (χ1n) is 11.4. The molecule has 34 heavy (non-hydrogen) atoms. The van der Waals surface area contributed by atoms with Gasteiger partial charge in [0.1, 0.15) is 12.4 Å². The maximum Gasteiger partial charge on any atom is 0.249 e. The average molecular weight is 483 g/mol. The van der Waals surface area contributed by atoms with Gasteiger partial charge in [0.25, 0.3) is 0 Å². The van der Waals surface area contributed by atoms with Crippen molar-refractivity contribution in [1.82, 2.24) is 9.80 Å². The van der Waals surface area contributed by atoms with E-state index in [2.05, 4.69) is 0 Å². The summed E-state index contributed by atoms with van der Waals surface area (Å²) in [5, 5.41) is 2.00. The highest BCUT2D eigenvalue weighted by Crippen LogP contribution is 2.20. The first kappa shape index (κ1) is 25.6. The van der Waals surface area contributed by atoms with Crippen molar-refractivity contribution in [1.29, 1.82) is 0 Å². The standard InChI is InChI=1S/C27H31FN2O3S/c1-3-14-29(27(32)20-33-19-23-7-5-4-6-8-23)18-26(31)30(17-25-21(2)13-15-34-25)16-22-9-11-24(28)12-10-22/h4-13,15H,3,14,16-20H2,1-2H3. The lowest BCUT2D eigenvalue weighted by Gasteiger charge is -2.28. The minimum Gasteiger partial charge on any atom is -0.367 e. The summed E-state index contributed by atoms with van der Waals surface area (Å²) in [7, 11) is 0. The number of benzene rings is 2. The fraction of sp³-hybridized carbons (Fsp3) is 0.333. The van der Waals surface area contributed by atoms with Gasteiger partial charge in [-0.3, -0.25) is 9.59 Å². The zero-order chi connectivity index (χ0) is 24.3. The molecule has 5 nitrogen and oxygen atoms in total. The van der Waals surface area contributed by atoms with Gasteiger partial charge in [-0.1, -0.05) is 49.4 Å². The molecule has 0 N–H and O–H groups in total. The summed E-state index contributed by atoms with van der Waals surface area (Å²) in [5.74, 6) is -0.673. The van der Waals surface area contributed by atoms with Crippen LogP contribution in [0.4, 0.5) is 4.39 Å². The molecule has 0 saturated heterocycles. The van der Waals surface area contributed by atoms with E-state index in [9.17, 15) is 14.0 Å². The normalized spacial score (nSPS) is 10.8. The van der Waals surface area contributed by atoms with Gasteiger partial charge >= 0.3 is 0 Å². The Kier molecular flexibility index (Phi) is 9.79. The molecule has 0 atom stereocenters. The lowest BCUT2D eigenvalue weighted by Crippen LogP contribution is -2.44. The van der Waals surface area contributed by atoms with Crippen molar-refractivity contribution in [3.8, 4) is 0 Å². The van der Waals surface area contributed by atoms with Crippen LogP contribution >= 0.6 is 11.3 Å². The number of thiophene rings is 1. The molecule has 0 saturated carbocycles. The summed E-state index contributed by atoms with van der Waals surface area (Å²) in [6.45, 7) is 5.49. The van der Waals surface area contributed by atoms with E-state index in [0.29, 0.717) is 26.2 Å². The third-order valence-corrected chi connectivity index (χ3v) is 6.46. The zero-order valence-corrected chi connectivity index (χ0v) is 20.5. The Labute approximate surface area is 204 Å². The number of ether oxygens (including phenoxy) is 1. The van der Waals surface area contributed by atoms with Gasteiger partial charge in [0.2, 0.25) is 11.8 Å². The number of hydrogen-bond donors (Lipinski definition) is 0. The van der Waals surface area contributed by atoms with E-state index in [0.717, 1.165) is 28.0 Å². The average Bonchev–Trinajstić information content (AvgIpc) is 3.24. The van der Waals surface area contributed by atoms with Gasteiger partial charge in [-0.15, -0.1) is 11.3 Å². The molecular formula is C27H31FN2O3S. The molecule has 1 aromatic heterocycles. The highest BCUT2D eigenvalue weighted by Gasteiger charge is 2.22. The summed E-state index contributed by atoms with van der Waals surface area (Å²) >= 11 is 1.60. The van der Waals surface area contributed by atoms with Crippen LogP contribution in [0.3, 0.4) is 0 Å². The third-order valence-electron chi connectivity index (χ3n) is 5.45. The van der Waals surface area contributed by atoms with Crippen molar-refractivity contribution in [3.05, 3.63) is 93.4 Å². The minimum atomic E-state index is -0.314. The van der Waals surface area contributed by atoms with Gasteiger partial charge < -0.3 is 14.5 Å². The van der Waals surface area contributed by atoms with Gasteiger partial charge in [0.05, 0.1) is 19.7 Å². The molecular weight excluding hydrogens is 451 g/mol. The smallest absolute Gasteiger partial charge is 0.249 e. The van der Waals surface area contributed by atoms with E-state index in [1.165, 1.54) is 12.1 Å². The maximum atomic E-state index is 13.4. The first-order valence-corrected chi connectivity index (χ1v) is 12.3. The molecule has 0 radical (unpaired) electrons. The maximum absolute atomic E-state index is 13.4. The molecule has 2 amide bonds. The molecule has 0 bridgehead atoms. The van der Waals surface area contributed by atoms with E-state index in [4.69, 9.17) is 4.74 Å². The van der Waals surface area contributed by atoms with Crippen molar-refractivity contribution in [2.24, 2.45) is 0 Å². The van der Waals surface area contributed by atoms with E-state index in [-0.39, 0.29) is 30.8 Å². The Balaban J connectivity index is 1.66. The fourth-order valence-corrected chi connectivity index (χ4v) is 4.45. The topological polar surface area (TPSA) is 49.9 Å².